The lowest BCUT2D eigenvalue weighted by Crippen LogP contribution is -2.28. The van der Waals surface area contributed by atoms with Crippen LogP contribution in [0.5, 0.6) is 0 Å². The highest BCUT2D eigenvalue weighted by Crippen LogP contribution is 2.12. The van der Waals surface area contributed by atoms with Gasteiger partial charge in [0.05, 0.1) is 12.4 Å². The molecule has 0 bridgehead atoms. The van der Waals surface area contributed by atoms with Gasteiger partial charge in [0.15, 0.2) is 0 Å². The highest BCUT2D eigenvalue weighted by molar-refractivity contribution is 5.03. The number of hydrogen-bond acceptors (Lipinski definition) is 4. The summed E-state index contributed by atoms with van der Waals surface area (Å²) in [7, 11) is 0. The van der Waals surface area contributed by atoms with E-state index in [9.17, 15) is 0 Å². The highest BCUT2D eigenvalue weighted by atomic mass is 16.7. The smallest absolute Gasteiger partial charge is 0.117 e. The number of nitrogens with zero attached hydrogens (tertiary/aromatic N) is 3. The molecule has 2 heterocycles. The van der Waals surface area contributed by atoms with E-state index in [1.165, 1.54) is 37.9 Å². The van der Waals surface area contributed by atoms with Crippen molar-refractivity contribution < 1.29 is 4.84 Å². The standard InChI is InChI=1S/C14H26N4O/c15-7-3-1-6-10-19-18-13-14(11-16-18)12-17-8-4-2-5-9-17/h11,13H,1-10,12,15H2. The molecule has 0 spiro atoms. The molecule has 1 aromatic rings. The maximum atomic E-state index is 5.57. The summed E-state index contributed by atoms with van der Waals surface area (Å²) in [4.78, 5) is 9.66. The molecule has 5 nitrogen and oxygen atoms in total. The number of likely N-dealkylation sites (tertiary alicyclic amines) is 1. The molecule has 0 aromatic carbocycles. The zero-order chi connectivity index (χ0) is 13.3. The highest BCUT2D eigenvalue weighted by Gasteiger charge is 2.11. The van der Waals surface area contributed by atoms with Gasteiger partial charge in [-0.25, -0.2) is 0 Å². The summed E-state index contributed by atoms with van der Waals surface area (Å²) in [6, 6.07) is 0. The van der Waals surface area contributed by atoms with Crippen LogP contribution < -0.4 is 10.6 Å². The summed E-state index contributed by atoms with van der Waals surface area (Å²) < 4.78 is 0. The third-order valence-electron chi connectivity index (χ3n) is 3.54. The molecule has 108 valence electrons. The van der Waals surface area contributed by atoms with Crippen molar-refractivity contribution in [2.24, 2.45) is 5.73 Å². The Balaban J connectivity index is 1.66. The van der Waals surface area contributed by atoms with Gasteiger partial charge in [-0.3, -0.25) is 4.90 Å². The van der Waals surface area contributed by atoms with Crippen LogP contribution in [0, 0.1) is 0 Å². The molecule has 0 unspecified atom stereocenters. The molecule has 2 N–H and O–H groups in total. The summed E-state index contributed by atoms with van der Waals surface area (Å²) in [5.41, 5.74) is 6.69. The predicted molar refractivity (Wildman–Crippen MR) is 75.7 cm³/mol. The summed E-state index contributed by atoms with van der Waals surface area (Å²) in [6.07, 6.45) is 11.2. The topological polar surface area (TPSA) is 56.3 Å². The molecule has 2 rings (SSSR count). The van der Waals surface area contributed by atoms with Gasteiger partial charge in [-0.2, -0.15) is 0 Å². The summed E-state index contributed by atoms with van der Waals surface area (Å²) in [6.45, 7) is 4.90. The Kier molecular flexibility index (Phi) is 6.17. The Morgan fingerprint density at radius 3 is 2.79 bits per heavy atom. The van der Waals surface area contributed by atoms with E-state index in [1.807, 2.05) is 12.4 Å². The zero-order valence-electron chi connectivity index (χ0n) is 11.8. The molecule has 5 heteroatoms. The fourth-order valence-corrected chi connectivity index (χ4v) is 2.45. The molecule has 1 fully saturated rings. The van der Waals surface area contributed by atoms with Gasteiger partial charge < -0.3 is 10.6 Å². The van der Waals surface area contributed by atoms with E-state index in [4.69, 9.17) is 10.6 Å². The molecule has 1 aromatic heterocycles. The second kappa shape index (κ2) is 8.17. The van der Waals surface area contributed by atoms with Crippen LogP contribution in [0.1, 0.15) is 44.1 Å². The zero-order valence-corrected chi connectivity index (χ0v) is 11.8. The average Bonchev–Trinajstić information content (AvgIpc) is 2.87. The van der Waals surface area contributed by atoms with Gasteiger partial charge in [-0.1, -0.05) is 6.42 Å². The first-order valence-corrected chi connectivity index (χ1v) is 7.48. The van der Waals surface area contributed by atoms with Crippen LogP contribution in [0.4, 0.5) is 0 Å². The van der Waals surface area contributed by atoms with Crippen molar-refractivity contribution in [3.05, 3.63) is 18.0 Å². The van der Waals surface area contributed by atoms with E-state index in [0.717, 1.165) is 32.4 Å². The molecule has 0 atom stereocenters. The predicted octanol–water partition coefficient (Wildman–Crippen LogP) is 1.43. The largest absolute Gasteiger partial charge is 0.397 e. The van der Waals surface area contributed by atoms with Crippen LogP contribution in [0.3, 0.4) is 0 Å². The van der Waals surface area contributed by atoms with Crippen molar-refractivity contribution in [3.8, 4) is 0 Å². The second-order valence-electron chi connectivity index (χ2n) is 5.27. The van der Waals surface area contributed by atoms with Gasteiger partial charge in [-0.15, -0.1) is 9.94 Å². The number of aromatic nitrogens is 2. The van der Waals surface area contributed by atoms with Crippen molar-refractivity contribution in [1.82, 2.24) is 14.8 Å². The molecule has 0 radical (unpaired) electrons. The quantitative estimate of drug-likeness (QED) is 0.723. The van der Waals surface area contributed by atoms with Gasteiger partial charge in [0.2, 0.25) is 0 Å². The van der Waals surface area contributed by atoms with Crippen LogP contribution in [0.2, 0.25) is 0 Å². The molecule has 0 saturated carbocycles. The van der Waals surface area contributed by atoms with Crippen LogP contribution in [0.25, 0.3) is 0 Å². The average molecular weight is 266 g/mol. The molecule has 1 saturated heterocycles. The third kappa shape index (κ3) is 5.20. The van der Waals surface area contributed by atoms with Gasteiger partial charge in [0.25, 0.3) is 0 Å². The van der Waals surface area contributed by atoms with E-state index in [0.29, 0.717) is 6.61 Å². The Labute approximate surface area is 115 Å². The lowest BCUT2D eigenvalue weighted by Gasteiger charge is -2.25. The first kappa shape index (κ1) is 14.3. The molecule has 0 aliphatic carbocycles. The van der Waals surface area contributed by atoms with Gasteiger partial charge in [0, 0.05) is 12.1 Å². The van der Waals surface area contributed by atoms with Crippen molar-refractivity contribution in [1.29, 1.82) is 0 Å². The maximum Gasteiger partial charge on any atom is 0.117 e. The first-order valence-electron chi connectivity index (χ1n) is 7.48. The summed E-state index contributed by atoms with van der Waals surface area (Å²) >= 11 is 0. The van der Waals surface area contributed by atoms with E-state index < -0.39 is 0 Å². The van der Waals surface area contributed by atoms with Gasteiger partial charge >= 0.3 is 0 Å². The number of hydrogen-bond donors (Lipinski definition) is 1. The second-order valence-corrected chi connectivity index (χ2v) is 5.27. The minimum Gasteiger partial charge on any atom is -0.397 e. The maximum absolute atomic E-state index is 5.57. The van der Waals surface area contributed by atoms with Crippen LogP contribution >= 0.6 is 0 Å². The number of rotatable bonds is 8. The van der Waals surface area contributed by atoms with Crippen molar-refractivity contribution in [2.45, 2.75) is 45.1 Å². The van der Waals surface area contributed by atoms with Crippen LogP contribution in [0.15, 0.2) is 12.4 Å². The van der Waals surface area contributed by atoms with Crippen LogP contribution in [-0.2, 0) is 6.54 Å². The van der Waals surface area contributed by atoms with Crippen molar-refractivity contribution in [3.63, 3.8) is 0 Å². The van der Waals surface area contributed by atoms with Gasteiger partial charge in [-0.05, 0) is 51.7 Å². The lowest BCUT2D eigenvalue weighted by molar-refractivity contribution is 0.0791. The van der Waals surface area contributed by atoms with E-state index in [1.54, 1.807) is 4.85 Å². The van der Waals surface area contributed by atoms with Crippen molar-refractivity contribution in [2.75, 3.05) is 26.2 Å². The number of unbranched alkanes of at least 4 members (excludes halogenated alkanes) is 2. The molecule has 1 aliphatic heterocycles. The van der Waals surface area contributed by atoms with E-state index in [-0.39, 0.29) is 0 Å². The fraction of sp³-hybridized carbons (Fsp3) is 0.786. The molecular formula is C14H26N4O. The third-order valence-corrected chi connectivity index (χ3v) is 3.54. The minimum absolute atomic E-state index is 0.713. The molecule has 0 amide bonds. The summed E-state index contributed by atoms with van der Waals surface area (Å²) in [5.74, 6) is 0. The fourth-order valence-electron chi connectivity index (χ4n) is 2.45. The Morgan fingerprint density at radius 1 is 1.16 bits per heavy atom. The lowest BCUT2D eigenvalue weighted by atomic mass is 10.1. The van der Waals surface area contributed by atoms with E-state index >= 15 is 0 Å². The molecule has 19 heavy (non-hydrogen) atoms. The monoisotopic (exact) mass is 266 g/mol. The normalized spacial score (nSPS) is 16.7. The number of piperidine rings is 1. The summed E-state index contributed by atoms with van der Waals surface area (Å²) in [5, 5.41) is 4.24. The van der Waals surface area contributed by atoms with Gasteiger partial charge in [0.1, 0.15) is 6.61 Å². The first-order chi connectivity index (χ1) is 9.38. The molecular weight excluding hydrogens is 240 g/mol. The minimum atomic E-state index is 0.713. The number of nitrogens with two attached hydrogens (primary N) is 1. The Bertz CT molecular complexity index is 347. The Hall–Kier alpha value is -1.07. The van der Waals surface area contributed by atoms with Crippen LogP contribution in [-0.4, -0.2) is 41.1 Å². The molecule has 1 aliphatic rings. The van der Waals surface area contributed by atoms with Crippen molar-refractivity contribution >= 4 is 0 Å². The SMILES string of the molecule is NCCCCCOn1cc(CN2CCCCC2)cn1. The van der Waals surface area contributed by atoms with E-state index in [2.05, 4.69) is 10.00 Å². The Morgan fingerprint density at radius 2 is 2.00 bits per heavy atom.